The molecule has 7 heteroatoms. The van der Waals surface area contributed by atoms with Gasteiger partial charge in [-0.15, -0.1) is 22.7 Å². The lowest BCUT2D eigenvalue weighted by Gasteiger charge is -2.06. The molecule has 0 saturated carbocycles. The summed E-state index contributed by atoms with van der Waals surface area (Å²) in [5.74, 6) is -0.553. The Hall–Kier alpha value is -1.34. The van der Waals surface area contributed by atoms with Crippen LogP contribution in [-0.4, -0.2) is 18.6 Å². The molecular formula is C14H14F3NOS2. The van der Waals surface area contributed by atoms with Crippen molar-refractivity contribution in [2.75, 3.05) is 6.54 Å². The average Bonchev–Trinajstić information content (AvgIpc) is 3.06. The van der Waals surface area contributed by atoms with Crippen LogP contribution in [0.25, 0.3) is 9.75 Å². The lowest BCUT2D eigenvalue weighted by Crippen LogP contribution is -2.26. The van der Waals surface area contributed by atoms with Crippen molar-refractivity contribution in [2.45, 2.75) is 25.4 Å². The number of amides is 1. The van der Waals surface area contributed by atoms with Crippen LogP contribution in [0.15, 0.2) is 29.6 Å². The highest BCUT2D eigenvalue weighted by molar-refractivity contribution is 7.21. The first-order valence-corrected chi connectivity index (χ1v) is 8.10. The first-order chi connectivity index (χ1) is 9.94. The maximum atomic E-state index is 12.0. The van der Waals surface area contributed by atoms with E-state index in [4.69, 9.17) is 0 Å². The van der Waals surface area contributed by atoms with Crippen LogP contribution in [0.1, 0.15) is 17.7 Å². The number of carbonyl (C=O) groups is 1. The summed E-state index contributed by atoms with van der Waals surface area (Å²) in [6.07, 6.45) is -5.22. The van der Waals surface area contributed by atoms with Crippen LogP contribution in [0, 0.1) is 0 Å². The van der Waals surface area contributed by atoms with Crippen molar-refractivity contribution >= 4 is 28.6 Å². The Labute approximate surface area is 128 Å². The summed E-state index contributed by atoms with van der Waals surface area (Å²) >= 11 is 3.30. The van der Waals surface area contributed by atoms with E-state index in [2.05, 4.69) is 5.32 Å². The molecule has 0 unspecified atom stereocenters. The lowest BCUT2D eigenvalue weighted by molar-refractivity contribution is -0.144. The van der Waals surface area contributed by atoms with Gasteiger partial charge in [0.2, 0.25) is 5.91 Å². The second-order valence-electron chi connectivity index (χ2n) is 4.46. The van der Waals surface area contributed by atoms with Crippen molar-refractivity contribution in [3.8, 4) is 9.75 Å². The molecule has 0 aromatic carbocycles. The maximum absolute atomic E-state index is 12.0. The summed E-state index contributed by atoms with van der Waals surface area (Å²) < 4.78 is 35.9. The average molecular weight is 333 g/mol. The molecule has 0 radical (unpaired) electrons. The predicted octanol–water partition coefficient (Wildman–Crippen LogP) is 4.48. The van der Waals surface area contributed by atoms with Crippen molar-refractivity contribution in [1.82, 2.24) is 5.32 Å². The number of rotatable bonds is 6. The first-order valence-electron chi connectivity index (χ1n) is 6.40. The van der Waals surface area contributed by atoms with Gasteiger partial charge in [-0.05, 0) is 30.0 Å². The third-order valence-electron chi connectivity index (χ3n) is 2.75. The van der Waals surface area contributed by atoms with Crippen molar-refractivity contribution in [3.05, 3.63) is 34.5 Å². The summed E-state index contributed by atoms with van der Waals surface area (Å²) in [6.45, 7) is 0.362. The molecule has 2 aromatic heterocycles. The van der Waals surface area contributed by atoms with E-state index in [0.29, 0.717) is 13.0 Å². The van der Waals surface area contributed by atoms with E-state index in [9.17, 15) is 18.0 Å². The van der Waals surface area contributed by atoms with E-state index < -0.39 is 24.9 Å². The molecule has 0 aliphatic rings. The summed E-state index contributed by atoms with van der Waals surface area (Å²) in [4.78, 5) is 14.7. The second-order valence-corrected chi connectivity index (χ2v) is 6.57. The standard InChI is InChI=1S/C14H14F3NOS2/c15-14(16,17)7-5-13(19)18-8-6-10-3-4-12(21-10)11-2-1-9-20-11/h1-4,9H,5-8H2,(H,18,19). The number of alkyl halides is 3. The van der Waals surface area contributed by atoms with E-state index in [1.165, 1.54) is 9.75 Å². The van der Waals surface area contributed by atoms with Crippen LogP contribution in [-0.2, 0) is 11.2 Å². The van der Waals surface area contributed by atoms with Crippen LogP contribution in [0.5, 0.6) is 0 Å². The summed E-state index contributed by atoms with van der Waals surface area (Å²) in [6, 6.07) is 8.04. The van der Waals surface area contributed by atoms with Crippen molar-refractivity contribution in [3.63, 3.8) is 0 Å². The van der Waals surface area contributed by atoms with Gasteiger partial charge in [-0.2, -0.15) is 13.2 Å². The van der Waals surface area contributed by atoms with Gasteiger partial charge in [-0.3, -0.25) is 4.79 Å². The number of thiophene rings is 2. The Balaban J connectivity index is 1.73. The van der Waals surface area contributed by atoms with Crippen LogP contribution < -0.4 is 5.32 Å². The van der Waals surface area contributed by atoms with Gasteiger partial charge in [0.15, 0.2) is 0 Å². The molecule has 0 fully saturated rings. The Morgan fingerprint density at radius 1 is 1.19 bits per heavy atom. The largest absolute Gasteiger partial charge is 0.389 e. The van der Waals surface area contributed by atoms with E-state index in [1.54, 1.807) is 22.7 Å². The van der Waals surface area contributed by atoms with Gasteiger partial charge in [0.25, 0.3) is 0 Å². The quantitative estimate of drug-likeness (QED) is 0.830. The highest BCUT2D eigenvalue weighted by Gasteiger charge is 2.27. The number of halogens is 3. The Bertz CT molecular complexity index is 575. The molecule has 0 spiro atoms. The molecule has 2 heterocycles. The number of carbonyl (C=O) groups excluding carboxylic acids is 1. The molecule has 0 saturated heterocycles. The van der Waals surface area contributed by atoms with Gasteiger partial charge >= 0.3 is 6.18 Å². The topological polar surface area (TPSA) is 29.1 Å². The molecule has 0 bridgehead atoms. The third kappa shape index (κ3) is 5.51. The Kier molecular flexibility index (Phi) is 5.41. The molecular weight excluding hydrogens is 319 g/mol. The molecule has 114 valence electrons. The van der Waals surface area contributed by atoms with Gasteiger partial charge in [-0.1, -0.05) is 6.07 Å². The monoisotopic (exact) mass is 333 g/mol. The molecule has 1 amide bonds. The molecule has 2 rings (SSSR count). The molecule has 0 aliphatic heterocycles. The van der Waals surface area contributed by atoms with Crippen LogP contribution in [0.4, 0.5) is 13.2 Å². The van der Waals surface area contributed by atoms with Crippen LogP contribution >= 0.6 is 22.7 Å². The molecule has 21 heavy (non-hydrogen) atoms. The summed E-state index contributed by atoms with van der Waals surface area (Å²) in [7, 11) is 0. The van der Waals surface area contributed by atoms with Crippen molar-refractivity contribution in [1.29, 1.82) is 0 Å². The zero-order valence-electron chi connectivity index (χ0n) is 11.1. The fourth-order valence-corrected chi connectivity index (χ4v) is 3.57. The fourth-order valence-electron chi connectivity index (χ4n) is 1.73. The lowest BCUT2D eigenvalue weighted by atomic mass is 10.3. The molecule has 1 N–H and O–H groups in total. The minimum atomic E-state index is -4.28. The molecule has 2 nitrogen and oxygen atoms in total. The zero-order valence-corrected chi connectivity index (χ0v) is 12.7. The van der Waals surface area contributed by atoms with Gasteiger partial charge < -0.3 is 5.32 Å². The summed E-state index contributed by atoms with van der Waals surface area (Å²) in [5.41, 5.74) is 0. The minimum absolute atomic E-state index is 0.362. The SMILES string of the molecule is O=C(CCC(F)(F)F)NCCc1ccc(-c2cccs2)s1. The minimum Gasteiger partial charge on any atom is -0.356 e. The van der Waals surface area contributed by atoms with Crippen molar-refractivity contribution < 1.29 is 18.0 Å². The number of nitrogens with one attached hydrogen (secondary N) is 1. The number of hydrogen-bond donors (Lipinski definition) is 1. The molecule has 0 atom stereocenters. The Morgan fingerprint density at radius 3 is 2.67 bits per heavy atom. The molecule has 0 aliphatic carbocycles. The zero-order chi connectivity index (χ0) is 15.3. The second kappa shape index (κ2) is 7.09. The Morgan fingerprint density at radius 2 is 2.00 bits per heavy atom. The van der Waals surface area contributed by atoms with Gasteiger partial charge in [0.1, 0.15) is 0 Å². The van der Waals surface area contributed by atoms with Crippen molar-refractivity contribution in [2.24, 2.45) is 0 Å². The van der Waals surface area contributed by atoms with Gasteiger partial charge in [-0.25, -0.2) is 0 Å². The predicted molar refractivity (Wildman–Crippen MR) is 79.6 cm³/mol. The van der Waals surface area contributed by atoms with E-state index in [0.717, 1.165) is 4.88 Å². The van der Waals surface area contributed by atoms with Gasteiger partial charge in [0, 0.05) is 27.6 Å². The highest BCUT2D eigenvalue weighted by Crippen LogP contribution is 2.31. The highest BCUT2D eigenvalue weighted by atomic mass is 32.1. The van der Waals surface area contributed by atoms with E-state index in [-0.39, 0.29) is 0 Å². The normalized spacial score (nSPS) is 11.6. The van der Waals surface area contributed by atoms with Crippen LogP contribution in [0.3, 0.4) is 0 Å². The fraction of sp³-hybridized carbons (Fsp3) is 0.357. The number of hydrogen-bond acceptors (Lipinski definition) is 3. The van der Waals surface area contributed by atoms with E-state index >= 15 is 0 Å². The van der Waals surface area contributed by atoms with Gasteiger partial charge in [0.05, 0.1) is 6.42 Å². The smallest absolute Gasteiger partial charge is 0.356 e. The molecule has 2 aromatic rings. The van der Waals surface area contributed by atoms with E-state index in [1.807, 2.05) is 29.6 Å². The first kappa shape index (κ1) is 16.0. The maximum Gasteiger partial charge on any atom is 0.389 e. The van der Waals surface area contributed by atoms with Crippen LogP contribution in [0.2, 0.25) is 0 Å². The third-order valence-corrected chi connectivity index (χ3v) is 4.97. The summed E-state index contributed by atoms with van der Waals surface area (Å²) in [5, 5.41) is 4.53.